The lowest BCUT2D eigenvalue weighted by Gasteiger charge is -2.23. The summed E-state index contributed by atoms with van der Waals surface area (Å²) in [7, 11) is 0. The number of hydrogen-bond acceptors (Lipinski definition) is 2. The first-order valence-electron chi connectivity index (χ1n) is 4.33. The van der Waals surface area contributed by atoms with Crippen molar-refractivity contribution in [3.8, 4) is 0 Å². The summed E-state index contributed by atoms with van der Waals surface area (Å²) in [4.78, 5) is 0. The Morgan fingerprint density at radius 1 is 1.00 bits per heavy atom. The lowest BCUT2D eigenvalue weighted by molar-refractivity contribution is 0.112. The number of aliphatic hydroxyl groups excluding tert-OH is 2. The van der Waals surface area contributed by atoms with Gasteiger partial charge >= 0.3 is 0 Å². The van der Waals surface area contributed by atoms with E-state index in [0.717, 1.165) is 0 Å². The monoisotopic (exact) mass is 188 g/mol. The zero-order valence-corrected chi connectivity index (χ0v) is 7.48. The summed E-state index contributed by atoms with van der Waals surface area (Å²) in [6.45, 7) is 0.278. The van der Waals surface area contributed by atoms with Crippen LogP contribution in [0.1, 0.15) is 0 Å². The van der Waals surface area contributed by atoms with Crippen LogP contribution in [0, 0.1) is 23.7 Å². The summed E-state index contributed by atoms with van der Waals surface area (Å²) in [6, 6.07) is 0. The smallest absolute Gasteiger partial charge is 0.0469 e. The molecule has 2 nitrogen and oxygen atoms in total. The van der Waals surface area contributed by atoms with E-state index < -0.39 is 0 Å². The van der Waals surface area contributed by atoms with E-state index in [1.54, 1.807) is 0 Å². The molecule has 3 heteroatoms. The van der Waals surface area contributed by atoms with Gasteiger partial charge in [0.2, 0.25) is 0 Å². The van der Waals surface area contributed by atoms with Crippen molar-refractivity contribution < 1.29 is 10.2 Å². The van der Waals surface area contributed by atoms with Crippen LogP contribution in [0.3, 0.4) is 0 Å². The number of rotatable bonds is 2. The molecule has 1 saturated carbocycles. The van der Waals surface area contributed by atoms with Gasteiger partial charge < -0.3 is 10.2 Å². The fourth-order valence-corrected chi connectivity index (χ4v) is 3.11. The van der Waals surface area contributed by atoms with Gasteiger partial charge in [-0.15, -0.1) is 11.6 Å². The molecule has 1 fully saturated rings. The Kier molecular flexibility index (Phi) is 2.15. The molecule has 0 aromatic rings. The molecule has 0 aromatic heterocycles. The zero-order chi connectivity index (χ0) is 8.72. The highest BCUT2D eigenvalue weighted by Gasteiger charge is 2.50. The van der Waals surface area contributed by atoms with Crippen LogP contribution in [0.5, 0.6) is 0 Å². The standard InChI is InChI=1S/C9H13ClO2/c10-9-5-1-2-6(9)8(4-12)7(5)3-11/h1-2,5-9,11-12H,3-4H2/t5-,6+,7+,8-,9?. The van der Waals surface area contributed by atoms with Crippen molar-refractivity contribution in [3.63, 3.8) is 0 Å². The van der Waals surface area contributed by atoms with E-state index in [9.17, 15) is 0 Å². The Morgan fingerprint density at radius 2 is 1.42 bits per heavy atom. The summed E-state index contributed by atoms with van der Waals surface area (Å²) in [6.07, 6.45) is 4.16. The van der Waals surface area contributed by atoms with E-state index in [0.29, 0.717) is 0 Å². The highest BCUT2D eigenvalue weighted by atomic mass is 35.5. The molecule has 12 heavy (non-hydrogen) atoms. The molecule has 0 saturated heterocycles. The first kappa shape index (κ1) is 8.54. The highest BCUT2D eigenvalue weighted by molar-refractivity contribution is 6.21. The van der Waals surface area contributed by atoms with Gasteiger partial charge in [0.15, 0.2) is 0 Å². The van der Waals surface area contributed by atoms with E-state index in [2.05, 4.69) is 12.2 Å². The van der Waals surface area contributed by atoms with Crippen LogP contribution >= 0.6 is 11.6 Å². The molecule has 2 aliphatic rings. The molecule has 0 radical (unpaired) electrons. The second-order valence-electron chi connectivity index (χ2n) is 3.68. The van der Waals surface area contributed by atoms with E-state index >= 15 is 0 Å². The molecule has 0 aromatic carbocycles. The lowest BCUT2D eigenvalue weighted by Crippen LogP contribution is -2.25. The average Bonchev–Trinajstić information content (AvgIpc) is 2.58. The van der Waals surface area contributed by atoms with Gasteiger partial charge in [0.05, 0.1) is 0 Å². The van der Waals surface area contributed by atoms with E-state index in [1.807, 2.05) is 0 Å². The molecule has 2 rings (SSSR count). The Labute approximate surface area is 76.8 Å². The number of alkyl halides is 1. The fourth-order valence-electron chi connectivity index (χ4n) is 2.57. The predicted molar refractivity (Wildman–Crippen MR) is 46.9 cm³/mol. The van der Waals surface area contributed by atoms with Gasteiger partial charge in [-0.2, -0.15) is 0 Å². The molecule has 0 amide bonds. The molecule has 68 valence electrons. The Morgan fingerprint density at radius 3 is 1.75 bits per heavy atom. The van der Waals surface area contributed by atoms with Crippen molar-refractivity contribution >= 4 is 11.6 Å². The number of allylic oxidation sites excluding steroid dienone is 2. The minimum Gasteiger partial charge on any atom is -0.396 e. The molecule has 0 heterocycles. The summed E-state index contributed by atoms with van der Waals surface area (Å²) in [5.41, 5.74) is 0. The second kappa shape index (κ2) is 3.02. The maximum absolute atomic E-state index is 9.10. The van der Waals surface area contributed by atoms with Crippen LogP contribution < -0.4 is 0 Å². The van der Waals surface area contributed by atoms with Crippen molar-refractivity contribution in [2.45, 2.75) is 5.38 Å². The molecular weight excluding hydrogens is 176 g/mol. The molecule has 0 spiro atoms. The van der Waals surface area contributed by atoms with Crippen LogP contribution in [-0.4, -0.2) is 28.8 Å². The zero-order valence-electron chi connectivity index (χ0n) is 6.73. The number of fused-ring (bicyclic) bond motifs is 2. The van der Waals surface area contributed by atoms with Gasteiger partial charge in [0.1, 0.15) is 0 Å². The summed E-state index contributed by atoms with van der Waals surface area (Å²) in [5, 5.41) is 18.3. The number of halogens is 1. The molecule has 2 aliphatic carbocycles. The topological polar surface area (TPSA) is 40.5 Å². The van der Waals surface area contributed by atoms with Gasteiger partial charge in [-0.05, 0) is 23.7 Å². The molecular formula is C9H13ClO2. The van der Waals surface area contributed by atoms with Gasteiger partial charge in [-0.3, -0.25) is 0 Å². The largest absolute Gasteiger partial charge is 0.396 e. The number of hydrogen-bond donors (Lipinski definition) is 2. The van der Waals surface area contributed by atoms with Crippen molar-refractivity contribution in [1.29, 1.82) is 0 Å². The molecule has 5 atom stereocenters. The Bertz CT molecular complexity index is 185. The van der Waals surface area contributed by atoms with Crippen molar-refractivity contribution in [3.05, 3.63) is 12.2 Å². The van der Waals surface area contributed by atoms with E-state index in [1.165, 1.54) is 0 Å². The maximum atomic E-state index is 9.10. The van der Waals surface area contributed by atoms with Crippen LogP contribution in [0.15, 0.2) is 12.2 Å². The third-order valence-electron chi connectivity index (χ3n) is 3.25. The summed E-state index contributed by atoms with van der Waals surface area (Å²) >= 11 is 6.14. The first-order valence-corrected chi connectivity index (χ1v) is 4.77. The minimum atomic E-state index is 0.0966. The van der Waals surface area contributed by atoms with Gasteiger partial charge in [-0.1, -0.05) is 12.2 Å². The molecule has 0 aliphatic heterocycles. The van der Waals surface area contributed by atoms with Gasteiger partial charge in [0, 0.05) is 18.6 Å². The quantitative estimate of drug-likeness (QED) is 0.493. The SMILES string of the molecule is OC[C@@H]1[C@H](CO)[C@@H]2C=C[C@H]1C2Cl. The second-order valence-corrected chi connectivity index (χ2v) is 4.18. The Hall–Kier alpha value is -0.0500. The molecule has 2 N–H and O–H groups in total. The predicted octanol–water partition coefficient (Wildman–Crippen LogP) is 0.627. The van der Waals surface area contributed by atoms with Crippen molar-refractivity contribution in [1.82, 2.24) is 0 Å². The third-order valence-corrected chi connectivity index (χ3v) is 3.83. The van der Waals surface area contributed by atoms with Crippen LogP contribution in [-0.2, 0) is 0 Å². The highest BCUT2D eigenvalue weighted by Crippen LogP contribution is 2.50. The summed E-state index contributed by atoms with van der Waals surface area (Å²) in [5.74, 6) is 0.901. The van der Waals surface area contributed by atoms with Crippen LogP contribution in [0.4, 0.5) is 0 Å². The number of aliphatic hydroxyl groups is 2. The normalized spacial score (nSPS) is 50.4. The average molecular weight is 189 g/mol. The fraction of sp³-hybridized carbons (Fsp3) is 0.778. The molecule has 1 unspecified atom stereocenters. The van der Waals surface area contributed by atoms with E-state index in [-0.39, 0.29) is 42.3 Å². The third kappa shape index (κ3) is 0.951. The maximum Gasteiger partial charge on any atom is 0.0469 e. The minimum absolute atomic E-state index is 0.0966. The van der Waals surface area contributed by atoms with Crippen molar-refractivity contribution in [2.75, 3.05) is 13.2 Å². The first-order chi connectivity index (χ1) is 5.79. The van der Waals surface area contributed by atoms with Gasteiger partial charge in [0.25, 0.3) is 0 Å². The lowest BCUT2D eigenvalue weighted by atomic mass is 9.84. The summed E-state index contributed by atoms with van der Waals surface area (Å²) < 4.78 is 0. The van der Waals surface area contributed by atoms with Crippen LogP contribution in [0.2, 0.25) is 0 Å². The van der Waals surface area contributed by atoms with Crippen LogP contribution in [0.25, 0.3) is 0 Å². The van der Waals surface area contributed by atoms with E-state index in [4.69, 9.17) is 21.8 Å². The van der Waals surface area contributed by atoms with Gasteiger partial charge in [-0.25, -0.2) is 0 Å². The Balaban J connectivity index is 2.21. The molecule has 2 bridgehead atoms. The van der Waals surface area contributed by atoms with Crippen molar-refractivity contribution in [2.24, 2.45) is 23.7 Å².